The normalized spacial score (nSPS) is 15.6. The number of hydrogen-bond acceptors (Lipinski definition) is 13. The van der Waals surface area contributed by atoms with Gasteiger partial charge >= 0.3 is 96.6 Å². The maximum Gasteiger partial charge on any atom is 0.472 e. The van der Waals surface area contributed by atoms with E-state index in [1.165, 1.54) is 18.7 Å². The number of thiocarbonyl (C=S) groups is 1. The van der Waals surface area contributed by atoms with E-state index in [1.807, 2.05) is 45.0 Å². The van der Waals surface area contributed by atoms with Gasteiger partial charge in [-0.25, -0.2) is 15.4 Å². The number of nitrogens with one attached hydrogen (secondary N) is 2. The Hall–Kier alpha value is -4.52. The van der Waals surface area contributed by atoms with Gasteiger partial charge in [-0.05, 0) is 103 Å². The number of hydrogen-bond donors (Lipinski definition) is 3. The molecule has 0 radical (unpaired) electrons. The number of aromatic nitrogens is 3. The number of halogens is 8. The van der Waals surface area contributed by atoms with Gasteiger partial charge in [0.05, 0.1) is 23.6 Å². The van der Waals surface area contributed by atoms with Crippen molar-refractivity contribution < 1.29 is 90.6 Å². The zero-order valence-corrected chi connectivity index (χ0v) is 46.9. The Morgan fingerprint density at radius 3 is 1.65 bits per heavy atom. The van der Waals surface area contributed by atoms with Gasteiger partial charge in [0, 0.05) is 29.7 Å². The molecule has 5 rings (SSSR count). The summed E-state index contributed by atoms with van der Waals surface area (Å²) in [6.45, 7) is 15.0. The molecule has 2 aromatic carbocycles. The van der Waals surface area contributed by atoms with Crippen LogP contribution in [-0.2, 0) is 73.9 Å². The first kappa shape index (κ1) is 60.6. The molecule has 3 aromatic rings. The summed E-state index contributed by atoms with van der Waals surface area (Å²) in [7, 11) is 0. The molecule has 3 heterocycles. The van der Waals surface area contributed by atoms with Gasteiger partial charge in [-0.15, -0.1) is 10.2 Å². The molecule has 2 saturated heterocycles. The maximum atomic E-state index is 13.5. The van der Waals surface area contributed by atoms with Crippen molar-refractivity contribution in [2.45, 2.75) is 130 Å². The number of amides is 3. The first-order chi connectivity index (χ1) is 31.8. The zero-order chi connectivity index (χ0) is 52.5. The number of rotatable bonds is 8. The topological polar surface area (TPSA) is 210 Å². The molecule has 1 aromatic heterocycles. The minimum Gasteiger partial charge on any atom is -0.444 e. The summed E-state index contributed by atoms with van der Waals surface area (Å²) < 4.78 is 94.4. The van der Waals surface area contributed by atoms with Gasteiger partial charge in [-0.1, -0.05) is 59.7 Å². The Labute approximate surface area is 424 Å². The first-order valence-corrected chi connectivity index (χ1v) is 26.6. The number of nitrogens with two attached hydrogens (primary N) is 1. The summed E-state index contributed by atoms with van der Waals surface area (Å²) >= 11 is 15.2. The number of alkyl halides is 6. The van der Waals surface area contributed by atoms with Gasteiger partial charge in [0.15, 0.2) is 5.82 Å². The molecule has 2 aliphatic heterocycles. The summed E-state index contributed by atoms with van der Waals surface area (Å²) in [5.74, 6) is 0.266. The number of benzene rings is 2. The molecule has 0 spiro atoms. The first-order valence-electron chi connectivity index (χ1n) is 20.9. The number of nitrogens with zero attached hydrogens (tertiary/aromatic N) is 5. The summed E-state index contributed by atoms with van der Waals surface area (Å²) in [5.41, 5.74) is 1.44. The fourth-order valence-corrected chi connectivity index (χ4v) is 8.13. The second-order valence-electron chi connectivity index (χ2n) is 17.0. The van der Waals surface area contributed by atoms with E-state index in [2.05, 4.69) is 26.6 Å². The smallest absolute Gasteiger partial charge is 0.444 e. The molecule has 0 bridgehead atoms. The van der Waals surface area contributed by atoms with E-state index in [9.17, 15) is 50.3 Å². The monoisotopic (exact) mass is 1230 g/mol. The number of carbonyl (C=O) groups excluding carboxylic acids is 5. The molecule has 3 amide bonds. The quantitative estimate of drug-likeness (QED) is 0.0481. The van der Waals surface area contributed by atoms with E-state index in [4.69, 9.17) is 44.9 Å². The van der Waals surface area contributed by atoms with Gasteiger partial charge in [0.25, 0.3) is 0 Å². The van der Waals surface area contributed by atoms with Gasteiger partial charge in [0.1, 0.15) is 11.2 Å². The van der Waals surface area contributed by atoms with Crippen LogP contribution in [-0.4, -0.2) is 96.1 Å². The fourth-order valence-electron chi connectivity index (χ4n) is 6.04. The molecule has 69 heavy (non-hydrogen) atoms. The largest absolute Gasteiger partial charge is 0.472 e. The molecule has 2 atom stereocenters. The van der Waals surface area contributed by atoms with Crippen LogP contribution in [0.25, 0.3) is 0 Å². The second-order valence-corrected chi connectivity index (χ2v) is 21.4. The van der Waals surface area contributed by atoms with Crippen molar-refractivity contribution >= 4 is 70.4 Å². The maximum absolute atomic E-state index is 13.5. The number of hydrazine groups is 1. The molecule has 4 N–H and O–H groups in total. The molecule has 27 heteroatoms. The molecule has 17 nitrogen and oxygen atoms in total. The van der Waals surface area contributed by atoms with Crippen LogP contribution in [0.4, 0.5) is 35.9 Å². The van der Waals surface area contributed by atoms with Crippen molar-refractivity contribution in [1.82, 2.24) is 35.3 Å². The molecule has 0 aliphatic carbocycles. The third-order valence-electron chi connectivity index (χ3n) is 8.94. The molecule has 0 unspecified atom stereocenters. The van der Waals surface area contributed by atoms with Crippen LogP contribution >= 0.6 is 35.4 Å². The van der Waals surface area contributed by atoms with Crippen molar-refractivity contribution in [1.29, 1.82) is 0 Å². The minimum absolute atomic E-state index is 0.0903. The summed E-state index contributed by atoms with van der Waals surface area (Å²) in [4.78, 5) is 58.3. The molecule has 2 fully saturated rings. The second kappa shape index (κ2) is 27.2. The fraction of sp³-hybridized carbons (Fsp3) is 0.524. The van der Waals surface area contributed by atoms with Crippen LogP contribution in [0.3, 0.4) is 0 Å². The van der Waals surface area contributed by atoms with Crippen molar-refractivity contribution in [3.63, 3.8) is 0 Å². The van der Waals surface area contributed by atoms with Crippen LogP contribution in [0.1, 0.15) is 110 Å². The summed E-state index contributed by atoms with van der Waals surface area (Å²) in [6.07, 6.45) is -7.49. The Balaban J connectivity index is 0.000000360. The average Bonchev–Trinajstić information content (AvgIpc) is 4.01. The van der Waals surface area contributed by atoms with E-state index >= 15 is 0 Å². The van der Waals surface area contributed by atoms with Crippen LogP contribution in [0, 0.1) is 0 Å². The molecule has 0 saturated carbocycles. The summed E-state index contributed by atoms with van der Waals surface area (Å²) in [5, 5.41) is 11.7. The number of likely N-dealkylation sites (tertiary alicyclic amines) is 2. The van der Waals surface area contributed by atoms with Gasteiger partial charge in [0.2, 0.25) is 5.82 Å². The number of carbonyl (C=O) groups is 5. The van der Waals surface area contributed by atoms with Gasteiger partial charge < -0.3 is 19.4 Å². The standard InChI is InChI=1S/C19H22ClF3N4O2.C17H23ClN2O2S.C2H3F3N2O.2C2H4O2.Hg/c1-18(2,3)29-17(28)26-10-4-5-14(26)15-24-25-16(19(21,22)23)27(15)11-12-6-8-13(20)9-7-12;1-17(2,3)22-16(21)20-10-4-5-14(20)15(23)19-11-12-6-8-13(18)9-7-12;3-2(4,5)1(8)7-6;2*1-2(3)4;/h6-9,14H,4-5,10-11H2,1-3H3;6-9,14H,4-5,10-11H2,1-3H3,(H,19,23);6H2,(H,7,8);2*1H3,(H,3,4);/q;;;;;+2/p-2/t2*14-;;;;/m11..../s1. The van der Waals surface area contributed by atoms with Crippen LogP contribution < -0.4 is 16.6 Å². The molecule has 380 valence electrons. The van der Waals surface area contributed by atoms with Crippen molar-refractivity contribution in [3.8, 4) is 0 Å². The van der Waals surface area contributed by atoms with E-state index < -0.39 is 72.9 Å². The van der Waals surface area contributed by atoms with E-state index in [0.29, 0.717) is 53.1 Å². The third kappa shape index (κ3) is 22.4. The van der Waals surface area contributed by atoms with Crippen molar-refractivity contribution in [2.24, 2.45) is 5.84 Å². The Bertz CT molecular complexity index is 2180. The molecular formula is C42H54Cl2F6HgN8O9S. The Morgan fingerprint density at radius 1 is 0.754 bits per heavy atom. The molecular weight excluding hydrogens is 1180 g/mol. The van der Waals surface area contributed by atoms with Crippen LogP contribution in [0.5, 0.6) is 0 Å². The van der Waals surface area contributed by atoms with Crippen LogP contribution in [0.15, 0.2) is 48.5 Å². The van der Waals surface area contributed by atoms with E-state index in [0.717, 1.165) is 28.4 Å². The van der Waals surface area contributed by atoms with E-state index in [1.54, 1.807) is 49.9 Å². The predicted octanol–water partition coefficient (Wildman–Crippen LogP) is 8.79. The van der Waals surface area contributed by atoms with Crippen molar-refractivity contribution in [2.75, 3.05) is 13.1 Å². The third-order valence-corrected chi connectivity index (χ3v) is 13.9. The Morgan fingerprint density at radius 2 is 1.22 bits per heavy atom. The van der Waals surface area contributed by atoms with Crippen LogP contribution in [0.2, 0.25) is 10.0 Å². The SMILES string of the molecule is CC(=O)[O][Hg][O]C(C)=O.CC(C)(C)OC(=O)N1CCC[C@@H]1C(=S)NCc1ccc(Cl)cc1.CC(C)(C)OC(=O)N1CCC[C@@H]1c1nnc(C(F)(F)F)n1Cc1ccc(Cl)cc1.NNC(=O)C(F)(F)F. The predicted molar refractivity (Wildman–Crippen MR) is 239 cm³/mol. The molecule has 2 aliphatic rings. The van der Waals surface area contributed by atoms with Crippen molar-refractivity contribution in [3.05, 3.63) is 81.4 Å². The summed E-state index contributed by atoms with van der Waals surface area (Å²) in [6, 6.07) is 13.4. The zero-order valence-electron chi connectivity index (χ0n) is 39.1. The van der Waals surface area contributed by atoms with Gasteiger partial charge in [-0.2, -0.15) is 26.3 Å². The van der Waals surface area contributed by atoms with E-state index in [-0.39, 0.29) is 36.4 Å². The average molecular weight is 1230 g/mol. The number of ether oxygens (including phenoxy) is 2. The minimum atomic E-state index is -4.87. The van der Waals surface area contributed by atoms with Gasteiger partial charge in [-0.3, -0.25) is 20.0 Å². The Kier molecular flexibility index (Phi) is 23.9.